The van der Waals surface area contributed by atoms with Gasteiger partial charge in [0.15, 0.2) is 6.61 Å². The van der Waals surface area contributed by atoms with Crippen molar-refractivity contribution in [2.45, 2.75) is 83.3 Å². The van der Waals surface area contributed by atoms with E-state index in [0.717, 1.165) is 67.1 Å². The summed E-state index contributed by atoms with van der Waals surface area (Å²) in [6, 6.07) is 6.59. The lowest BCUT2D eigenvalue weighted by Gasteiger charge is -2.58. The lowest BCUT2D eigenvalue weighted by Crippen LogP contribution is -2.54. The molecule has 4 aliphatic carbocycles. The van der Waals surface area contributed by atoms with Gasteiger partial charge in [0, 0.05) is 28.9 Å². The van der Waals surface area contributed by atoms with Gasteiger partial charge in [0.2, 0.25) is 0 Å². The predicted octanol–water partition coefficient (Wildman–Crippen LogP) is 4.98. The maximum atomic E-state index is 12.6. The molecule has 3 fully saturated rings. The van der Waals surface area contributed by atoms with E-state index < -0.39 is 23.5 Å². The molecule has 8 heteroatoms. The number of fused-ring (bicyclic) bond motifs is 6. The van der Waals surface area contributed by atoms with Crippen LogP contribution in [0.15, 0.2) is 47.3 Å². The fraction of sp³-hybridized carbons (Fsp3) is 0.559. The van der Waals surface area contributed by atoms with Crippen molar-refractivity contribution in [3.63, 3.8) is 0 Å². The second-order valence-electron chi connectivity index (χ2n) is 13.4. The quantitative estimate of drug-likeness (QED) is 0.276. The maximum absolute atomic E-state index is 12.6. The highest BCUT2D eigenvalue weighted by Crippen LogP contribution is 2.67. The first-order valence-electron chi connectivity index (χ1n) is 15.3. The minimum Gasteiger partial charge on any atom is -0.480 e. The molecule has 1 amide bonds. The van der Waals surface area contributed by atoms with Crippen molar-refractivity contribution in [2.75, 3.05) is 6.61 Å². The second kappa shape index (κ2) is 10.6. The summed E-state index contributed by atoms with van der Waals surface area (Å²) in [5.41, 5.74) is 2.88. The molecule has 0 radical (unpaired) electrons. The third-order valence-electron chi connectivity index (χ3n) is 11.5. The average Bonchev–Trinajstić information content (AvgIpc) is 3.50. The van der Waals surface area contributed by atoms with E-state index >= 15 is 0 Å². The monoisotopic (exact) mass is 571 g/mol. The van der Waals surface area contributed by atoms with Gasteiger partial charge in [0.05, 0.1) is 5.71 Å². The van der Waals surface area contributed by atoms with Crippen LogP contribution in [0, 0.1) is 40.9 Å². The highest BCUT2D eigenvalue weighted by Gasteiger charge is 2.63. The summed E-state index contributed by atoms with van der Waals surface area (Å²) in [4.78, 5) is 33.0. The second-order valence-corrected chi connectivity index (χ2v) is 13.4. The fourth-order valence-corrected chi connectivity index (χ4v) is 9.03. The van der Waals surface area contributed by atoms with E-state index in [1.54, 1.807) is 6.20 Å². The molecule has 6 rings (SSSR count). The number of benzene rings is 1. The number of para-hydroxylation sites is 1. The van der Waals surface area contributed by atoms with Crippen molar-refractivity contribution in [1.29, 1.82) is 0 Å². The lowest BCUT2D eigenvalue weighted by molar-refractivity contribution is -0.142. The Hall–Kier alpha value is -3.57. The number of H-pyrrole nitrogens is 1. The van der Waals surface area contributed by atoms with Gasteiger partial charge < -0.3 is 25.4 Å². The zero-order valence-electron chi connectivity index (χ0n) is 24.5. The van der Waals surface area contributed by atoms with E-state index in [1.165, 1.54) is 5.57 Å². The number of carboxylic acid groups (broad SMARTS) is 1. The van der Waals surface area contributed by atoms with Crippen LogP contribution in [0.3, 0.4) is 0 Å². The molecule has 0 bridgehead atoms. The van der Waals surface area contributed by atoms with Crippen LogP contribution in [0.4, 0.5) is 0 Å². The van der Waals surface area contributed by atoms with Crippen molar-refractivity contribution >= 4 is 28.5 Å². The zero-order valence-corrected chi connectivity index (χ0v) is 24.5. The van der Waals surface area contributed by atoms with Crippen molar-refractivity contribution in [3.8, 4) is 12.3 Å². The molecule has 8 nitrogen and oxygen atoms in total. The number of nitrogens with zero attached hydrogens (tertiary/aromatic N) is 1. The van der Waals surface area contributed by atoms with Crippen molar-refractivity contribution < 1.29 is 24.6 Å². The van der Waals surface area contributed by atoms with Crippen LogP contribution in [0.5, 0.6) is 0 Å². The van der Waals surface area contributed by atoms with Gasteiger partial charge in [-0.3, -0.25) is 4.79 Å². The van der Waals surface area contributed by atoms with E-state index in [9.17, 15) is 19.8 Å². The van der Waals surface area contributed by atoms with Gasteiger partial charge in [-0.15, -0.1) is 6.42 Å². The van der Waals surface area contributed by atoms with Crippen molar-refractivity contribution in [1.82, 2.24) is 10.3 Å². The van der Waals surface area contributed by atoms with Crippen LogP contribution in [0.25, 0.3) is 10.9 Å². The number of allylic oxidation sites excluding steroid dienone is 2. The van der Waals surface area contributed by atoms with Gasteiger partial charge in [-0.1, -0.05) is 48.7 Å². The SMILES string of the molecule is C#C[C@@]1(O)CC[C@@H]2[C@@H]3CCC4=C/C(=N\OCC(=O)N[C@@H](Cc5c[nH]c6ccccc56)C(=O)O)CC[C@]4(C)[C@H]3CC[C@@]21C. The van der Waals surface area contributed by atoms with Crippen molar-refractivity contribution in [2.24, 2.45) is 33.7 Å². The average molecular weight is 572 g/mol. The molecular formula is C34H41N3O5. The van der Waals surface area contributed by atoms with Gasteiger partial charge in [0.1, 0.15) is 11.6 Å². The topological polar surface area (TPSA) is 124 Å². The summed E-state index contributed by atoms with van der Waals surface area (Å²) in [5.74, 6) is 2.73. The molecule has 2 aromatic rings. The fourth-order valence-electron chi connectivity index (χ4n) is 9.03. The minimum absolute atomic E-state index is 0.0919. The van der Waals surface area contributed by atoms with Gasteiger partial charge >= 0.3 is 5.97 Å². The van der Waals surface area contributed by atoms with Gasteiger partial charge in [-0.2, -0.15) is 0 Å². The number of oxime groups is 1. The van der Waals surface area contributed by atoms with E-state index in [1.807, 2.05) is 24.3 Å². The number of aromatic nitrogens is 1. The van der Waals surface area contributed by atoms with E-state index in [-0.39, 0.29) is 23.9 Å². The predicted molar refractivity (Wildman–Crippen MR) is 160 cm³/mol. The molecule has 42 heavy (non-hydrogen) atoms. The zero-order chi connectivity index (χ0) is 29.7. The lowest BCUT2D eigenvalue weighted by atomic mass is 9.46. The first-order valence-corrected chi connectivity index (χ1v) is 15.3. The summed E-state index contributed by atoms with van der Waals surface area (Å²) in [5, 5.41) is 28.8. The number of rotatable bonds is 7. The number of carboxylic acids is 1. The molecule has 4 N–H and O–H groups in total. The Morgan fingerprint density at radius 2 is 1.95 bits per heavy atom. The van der Waals surface area contributed by atoms with Crippen LogP contribution in [-0.2, 0) is 20.8 Å². The number of hydrogen-bond acceptors (Lipinski definition) is 5. The number of nitrogens with one attached hydrogen (secondary N) is 2. The molecule has 4 aliphatic rings. The summed E-state index contributed by atoms with van der Waals surface area (Å²) in [7, 11) is 0. The first kappa shape index (κ1) is 28.5. The van der Waals surface area contributed by atoms with Crippen LogP contribution < -0.4 is 5.32 Å². The Balaban J connectivity index is 1.07. The summed E-state index contributed by atoms with van der Waals surface area (Å²) < 4.78 is 0. The molecule has 7 atom stereocenters. The number of hydrogen-bond donors (Lipinski definition) is 4. The Morgan fingerprint density at radius 3 is 2.74 bits per heavy atom. The molecule has 0 spiro atoms. The molecule has 3 saturated carbocycles. The smallest absolute Gasteiger partial charge is 0.326 e. The molecule has 0 saturated heterocycles. The highest BCUT2D eigenvalue weighted by atomic mass is 16.6. The van der Waals surface area contributed by atoms with Crippen LogP contribution in [0.2, 0.25) is 0 Å². The molecule has 0 aliphatic heterocycles. The van der Waals surface area contributed by atoms with Gasteiger partial charge in [-0.25, -0.2) is 4.79 Å². The summed E-state index contributed by atoms with van der Waals surface area (Å²) in [6.45, 7) is 4.27. The molecular weight excluding hydrogens is 530 g/mol. The molecule has 0 unspecified atom stereocenters. The number of carbonyl (C=O) groups is 2. The minimum atomic E-state index is -1.10. The first-order chi connectivity index (χ1) is 20.1. The largest absolute Gasteiger partial charge is 0.480 e. The molecule has 1 aromatic carbocycles. The maximum Gasteiger partial charge on any atom is 0.326 e. The standard InChI is InChI=1S/C34H41N3O5/c1-4-34(41)16-13-27-25-10-9-22-18-23(11-14-32(22,2)26(25)12-15-33(27,34)3)37-42-20-30(38)36-29(31(39)40)17-21-19-35-28-8-6-5-7-24(21)28/h1,5-8,18-19,25-27,29,35,41H,9-17,20H2,2-3H3,(H,36,38)(H,39,40)/b37-23-/t25-,26+,27-,29+,32+,33+,34-/m1/s1. The Kier molecular flexibility index (Phi) is 7.21. The third kappa shape index (κ3) is 4.63. The number of aliphatic hydroxyl groups is 1. The van der Waals surface area contributed by atoms with Crippen LogP contribution in [0.1, 0.15) is 70.8 Å². The van der Waals surface area contributed by atoms with Crippen LogP contribution in [-0.4, -0.2) is 51.0 Å². The summed E-state index contributed by atoms with van der Waals surface area (Å²) >= 11 is 0. The highest BCUT2D eigenvalue weighted by molar-refractivity contribution is 5.96. The number of amides is 1. The van der Waals surface area contributed by atoms with E-state index in [2.05, 4.69) is 41.3 Å². The third-order valence-corrected chi connectivity index (χ3v) is 11.5. The molecule has 1 aromatic heterocycles. The number of carbonyl (C=O) groups excluding carboxylic acids is 1. The number of terminal acetylenes is 1. The van der Waals surface area contributed by atoms with Crippen molar-refractivity contribution in [3.05, 3.63) is 47.7 Å². The Morgan fingerprint density at radius 1 is 1.17 bits per heavy atom. The number of aromatic amines is 1. The van der Waals surface area contributed by atoms with Gasteiger partial charge in [0.25, 0.3) is 5.91 Å². The molecule has 1 heterocycles. The summed E-state index contributed by atoms with van der Waals surface area (Å²) in [6.07, 6.45) is 17.5. The molecule has 222 valence electrons. The Bertz CT molecular complexity index is 1500. The number of aliphatic carboxylic acids is 1. The van der Waals surface area contributed by atoms with Crippen LogP contribution >= 0.6 is 0 Å². The van der Waals surface area contributed by atoms with Gasteiger partial charge in [-0.05, 0) is 92.2 Å². The normalized spacial score (nSPS) is 35.3. The van der Waals surface area contributed by atoms with E-state index in [0.29, 0.717) is 24.2 Å². The Labute approximate surface area is 247 Å². The van der Waals surface area contributed by atoms with E-state index in [4.69, 9.17) is 11.3 Å².